The van der Waals surface area contributed by atoms with Crippen LogP contribution in [-0.2, 0) is 4.74 Å². The maximum absolute atomic E-state index is 12.7. The number of morpholine rings is 1. The number of nitrogens with one attached hydrogen (secondary N) is 1. The molecule has 0 aromatic carbocycles. The van der Waals surface area contributed by atoms with Crippen LogP contribution in [0.4, 0.5) is 0 Å². The van der Waals surface area contributed by atoms with Gasteiger partial charge in [0.25, 0.3) is 5.91 Å². The third-order valence-electron chi connectivity index (χ3n) is 4.28. The first-order valence-corrected chi connectivity index (χ1v) is 7.83. The number of aromatic amines is 1. The summed E-state index contributed by atoms with van der Waals surface area (Å²) in [6.07, 6.45) is 4.09. The molecule has 0 bridgehead atoms. The molecule has 2 aliphatic rings. The van der Waals surface area contributed by atoms with E-state index < -0.39 is 0 Å². The average Bonchev–Trinajstić information content (AvgIpc) is 3.19. The lowest BCUT2D eigenvalue weighted by Gasteiger charge is -2.34. The summed E-state index contributed by atoms with van der Waals surface area (Å²) in [5, 5.41) is 8.89. The fourth-order valence-electron chi connectivity index (χ4n) is 2.84. The summed E-state index contributed by atoms with van der Waals surface area (Å²) in [5.41, 5.74) is 0.977. The number of likely N-dealkylation sites (N-methyl/N-ethyl adjacent to an activating group) is 1. The van der Waals surface area contributed by atoms with Gasteiger partial charge in [-0.25, -0.2) is 0 Å². The number of H-pyrrole nitrogens is 1. The van der Waals surface area contributed by atoms with Crippen molar-refractivity contribution in [3.8, 4) is 6.07 Å². The van der Waals surface area contributed by atoms with Crippen LogP contribution >= 0.6 is 0 Å². The summed E-state index contributed by atoms with van der Waals surface area (Å²) in [6, 6.07) is 3.64. The van der Waals surface area contributed by atoms with E-state index in [0.717, 1.165) is 26.2 Å². The molecule has 118 valence electrons. The Morgan fingerprint density at radius 3 is 3.00 bits per heavy atom. The Bertz CT molecular complexity index is 573. The van der Waals surface area contributed by atoms with E-state index in [4.69, 9.17) is 10.00 Å². The highest BCUT2D eigenvalue weighted by Crippen LogP contribution is 2.30. The predicted molar refractivity (Wildman–Crippen MR) is 81.4 cm³/mol. The lowest BCUT2D eigenvalue weighted by molar-refractivity contribution is -0.0331. The summed E-state index contributed by atoms with van der Waals surface area (Å²) in [5.74, 6) is 0.612. The molecule has 0 radical (unpaired) electrons. The molecule has 1 aliphatic heterocycles. The van der Waals surface area contributed by atoms with Crippen LogP contribution in [0.2, 0.25) is 0 Å². The molecule has 1 saturated heterocycles. The van der Waals surface area contributed by atoms with Crippen molar-refractivity contribution in [2.45, 2.75) is 18.9 Å². The molecule has 1 N–H and O–H groups in total. The van der Waals surface area contributed by atoms with Gasteiger partial charge in [0.1, 0.15) is 11.8 Å². The number of ether oxygens (including phenoxy) is 1. The largest absolute Gasteiger partial charge is 0.374 e. The Balaban J connectivity index is 1.68. The quantitative estimate of drug-likeness (QED) is 0.883. The van der Waals surface area contributed by atoms with Gasteiger partial charge in [0.15, 0.2) is 0 Å². The van der Waals surface area contributed by atoms with Crippen molar-refractivity contribution in [3.05, 3.63) is 23.5 Å². The van der Waals surface area contributed by atoms with Crippen LogP contribution in [0, 0.1) is 17.2 Å². The van der Waals surface area contributed by atoms with Gasteiger partial charge in [-0.05, 0) is 31.9 Å². The number of rotatable bonds is 5. The van der Waals surface area contributed by atoms with Crippen molar-refractivity contribution in [2.75, 3.05) is 39.8 Å². The molecule has 2 fully saturated rings. The molecule has 1 saturated carbocycles. The van der Waals surface area contributed by atoms with Crippen LogP contribution in [0.25, 0.3) is 0 Å². The van der Waals surface area contributed by atoms with Crippen molar-refractivity contribution >= 4 is 5.91 Å². The molecule has 1 amide bonds. The highest BCUT2D eigenvalue weighted by atomic mass is 16.5. The standard InChI is InChI=1S/C16H22N4O2/c1-19-4-5-22-15(10-19)11-20(9-12-2-3-12)16(21)13-6-14(7-17)18-8-13/h6,8,12,15,18H,2-5,9-11H2,1H3/t15-/m1/s1. The van der Waals surface area contributed by atoms with Crippen LogP contribution < -0.4 is 0 Å². The highest BCUT2D eigenvalue weighted by Gasteiger charge is 2.30. The van der Waals surface area contributed by atoms with Gasteiger partial charge >= 0.3 is 0 Å². The monoisotopic (exact) mass is 302 g/mol. The summed E-state index contributed by atoms with van der Waals surface area (Å²) in [7, 11) is 2.08. The first-order chi connectivity index (χ1) is 10.7. The van der Waals surface area contributed by atoms with Crippen molar-refractivity contribution in [1.29, 1.82) is 5.26 Å². The van der Waals surface area contributed by atoms with Crippen molar-refractivity contribution < 1.29 is 9.53 Å². The molecule has 2 heterocycles. The molecule has 6 heteroatoms. The second-order valence-electron chi connectivity index (χ2n) is 6.32. The van der Waals surface area contributed by atoms with Gasteiger partial charge in [-0.15, -0.1) is 0 Å². The molecular formula is C16H22N4O2. The first kappa shape index (κ1) is 15.1. The Morgan fingerprint density at radius 2 is 2.36 bits per heavy atom. The van der Waals surface area contributed by atoms with Gasteiger partial charge in [0.2, 0.25) is 0 Å². The average molecular weight is 302 g/mol. The SMILES string of the molecule is CN1CCO[C@@H](CN(CC2CC2)C(=O)c2c[nH]c(C#N)c2)C1. The number of hydrogen-bond acceptors (Lipinski definition) is 4. The Hall–Kier alpha value is -1.84. The van der Waals surface area contributed by atoms with Gasteiger partial charge in [0, 0.05) is 32.4 Å². The zero-order valence-corrected chi connectivity index (χ0v) is 12.9. The van der Waals surface area contributed by atoms with Crippen molar-refractivity contribution in [3.63, 3.8) is 0 Å². The fourth-order valence-corrected chi connectivity index (χ4v) is 2.84. The zero-order valence-electron chi connectivity index (χ0n) is 12.9. The normalized spacial score (nSPS) is 22.3. The van der Waals surface area contributed by atoms with E-state index in [9.17, 15) is 4.79 Å². The number of nitrogens with zero attached hydrogens (tertiary/aromatic N) is 3. The summed E-state index contributed by atoms with van der Waals surface area (Å²) in [4.78, 5) is 19.7. The Morgan fingerprint density at radius 1 is 1.55 bits per heavy atom. The molecule has 1 aliphatic carbocycles. The summed E-state index contributed by atoms with van der Waals surface area (Å²) < 4.78 is 5.80. The zero-order chi connectivity index (χ0) is 15.5. The third kappa shape index (κ3) is 3.67. The molecule has 3 rings (SSSR count). The van der Waals surface area contributed by atoms with E-state index in [1.165, 1.54) is 12.8 Å². The molecule has 0 spiro atoms. The number of carbonyl (C=O) groups is 1. The number of hydrogen-bond donors (Lipinski definition) is 1. The number of amides is 1. The minimum absolute atomic E-state index is 0.0125. The molecule has 1 aromatic heterocycles. The maximum Gasteiger partial charge on any atom is 0.255 e. The third-order valence-corrected chi connectivity index (χ3v) is 4.28. The number of nitriles is 1. The van der Waals surface area contributed by atoms with E-state index in [-0.39, 0.29) is 12.0 Å². The van der Waals surface area contributed by atoms with E-state index in [1.54, 1.807) is 12.3 Å². The first-order valence-electron chi connectivity index (χ1n) is 7.83. The van der Waals surface area contributed by atoms with Crippen LogP contribution in [0.3, 0.4) is 0 Å². The Kier molecular flexibility index (Phi) is 4.46. The van der Waals surface area contributed by atoms with E-state index in [2.05, 4.69) is 16.9 Å². The van der Waals surface area contributed by atoms with E-state index in [1.807, 2.05) is 11.0 Å². The smallest absolute Gasteiger partial charge is 0.255 e. The second-order valence-corrected chi connectivity index (χ2v) is 6.32. The Labute approximate surface area is 130 Å². The van der Waals surface area contributed by atoms with Crippen molar-refractivity contribution in [2.24, 2.45) is 5.92 Å². The lowest BCUT2D eigenvalue weighted by Crippen LogP contribution is -2.48. The predicted octanol–water partition coefficient (Wildman–Crippen LogP) is 1.07. The summed E-state index contributed by atoms with van der Waals surface area (Å²) >= 11 is 0. The number of aromatic nitrogens is 1. The molecule has 0 unspecified atom stereocenters. The van der Waals surface area contributed by atoms with Crippen LogP contribution in [0.1, 0.15) is 28.9 Å². The van der Waals surface area contributed by atoms with Gasteiger partial charge < -0.3 is 19.5 Å². The molecule has 1 aromatic rings. The van der Waals surface area contributed by atoms with Gasteiger partial charge in [-0.2, -0.15) is 5.26 Å². The fraction of sp³-hybridized carbons (Fsp3) is 0.625. The van der Waals surface area contributed by atoms with Crippen LogP contribution in [-0.4, -0.2) is 66.6 Å². The van der Waals surface area contributed by atoms with E-state index in [0.29, 0.717) is 23.7 Å². The minimum Gasteiger partial charge on any atom is -0.374 e. The molecular weight excluding hydrogens is 280 g/mol. The highest BCUT2D eigenvalue weighted by molar-refractivity contribution is 5.94. The topological polar surface area (TPSA) is 72.4 Å². The van der Waals surface area contributed by atoms with E-state index >= 15 is 0 Å². The van der Waals surface area contributed by atoms with Gasteiger partial charge in [-0.1, -0.05) is 0 Å². The van der Waals surface area contributed by atoms with Crippen molar-refractivity contribution in [1.82, 2.24) is 14.8 Å². The minimum atomic E-state index is -0.0125. The molecule has 22 heavy (non-hydrogen) atoms. The number of carbonyl (C=O) groups excluding carboxylic acids is 1. The van der Waals surface area contributed by atoms with Gasteiger partial charge in [-0.3, -0.25) is 4.79 Å². The second kappa shape index (κ2) is 6.51. The molecule has 1 atom stereocenters. The van der Waals surface area contributed by atoms with Crippen LogP contribution in [0.15, 0.2) is 12.3 Å². The maximum atomic E-state index is 12.7. The molecule has 6 nitrogen and oxygen atoms in total. The summed E-state index contributed by atoms with van der Waals surface area (Å²) in [6.45, 7) is 3.92. The van der Waals surface area contributed by atoms with Gasteiger partial charge in [0.05, 0.1) is 18.3 Å². The van der Waals surface area contributed by atoms with Crippen LogP contribution in [0.5, 0.6) is 0 Å². The lowest BCUT2D eigenvalue weighted by atomic mass is 10.2.